The third-order valence-corrected chi connectivity index (χ3v) is 1.53. The Balaban J connectivity index is 2.96. The summed E-state index contributed by atoms with van der Waals surface area (Å²) < 4.78 is 0. The van der Waals surface area contributed by atoms with Crippen LogP contribution in [0.3, 0.4) is 0 Å². The van der Waals surface area contributed by atoms with Crippen LogP contribution in [0.15, 0.2) is 6.33 Å². The summed E-state index contributed by atoms with van der Waals surface area (Å²) in [6, 6.07) is 0. The molecule has 0 aliphatic heterocycles. The van der Waals surface area contributed by atoms with E-state index in [1.165, 1.54) is 0 Å². The second-order valence-electron chi connectivity index (χ2n) is 2.30. The quantitative estimate of drug-likeness (QED) is 0.579. The van der Waals surface area contributed by atoms with E-state index in [9.17, 15) is 0 Å². The first-order valence-electron chi connectivity index (χ1n) is 3.21. The zero-order valence-electron chi connectivity index (χ0n) is 6.18. The average Bonchev–Trinajstić information content (AvgIpc) is 2.34. The van der Waals surface area contributed by atoms with Gasteiger partial charge in [-0.2, -0.15) is 0 Å². The molecule has 1 heterocycles. The van der Waals surface area contributed by atoms with Crippen LogP contribution in [0.25, 0.3) is 0 Å². The molecule has 1 aromatic heterocycles. The van der Waals surface area contributed by atoms with Crippen molar-refractivity contribution in [3.63, 3.8) is 0 Å². The third-order valence-electron chi connectivity index (χ3n) is 1.53. The van der Waals surface area contributed by atoms with Crippen LogP contribution in [0.5, 0.6) is 0 Å². The number of hydrogen-bond acceptors (Lipinski definition) is 1. The molecular formula is C8H10N2. The summed E-state index contributed by atoms with van der Waals surface area (Å²) in [4.78, 5) is 7.07. The van der Waals surface area contributed by atoms with Gasteiger partial charge in [-0.3, -0.25) is 0 Å². The summed E-state index contributed by atoms with van der Waals surface area (Å²) in [5, 5.41) is 0. The van der Waals surface area contributed by atoms with Crippen LogP contribution in [-0.4, -0.2) is 9.97 Å². The van der Waals surface area contributed by atoms with E-state index >= 15 is 0 Å². The van der Waals surface area contributed by atoms with E-state index < -0.39 is 0 Å². The molecule has 0 spiro atoms. The van der Waals surface area contributed by atoms with Crippen molar-refractivity contribution in [2.75, 3.05) is 0 Å². The van der Waals surface area contributed by atoms with Gasteiger partial charge in [0, 0.05) is 5.69 Å². The van der Waals surface area contributed by atoms with Gasteiger partial charge >= 0.3 is 0 Å². The zero-order valence-corrected chi connectivity index (χ0v) is 6.18. The number of aromatic nitrogens is 2. The SMILES string of the molecule is C#CC(C)c1nc[nH]c1C. The Morgan fingerprint density at radius 1 is 1.80 bits per heavy atom. The van der Waals surface area contributed by atoms with Crippen molar-refractivity contribution >= 4 is 0 Å². The Labute approximate surface area is 60.7 Å². The number of nitrogens with one attached hydrogen (secondary N) is 1. The zero-order chi connectivity index (χ0) is 7.56. The van der Waals surface area contributed by atoms with Crippen molar-refractivity contribution in [2.24, 2.45) is 0 Å². The molecule has 0 amide bonds. The number of aryl methyl sites for hydroxylation is 1. The van der Waals surface area contributed by atoms with E-state index in [-0.39, 0.29) is 5.92 Å². The van der Waals surface area contributed by atoms with E-state index in [0.29, 0.717) is 0 Å². The van der Waals surface area contributed by atoms with Crippen molar-refractivity contribution in [1.29, 1.82) is 0 Å². The highest BCUT2D eigenvalue weighted by Gasteiger charge is 2.06. The summed E-state index contributed by atoms with van der Waals surface area (Å²) in [5.41, 5.74) is 2.04. The highest BCUT2D eigenvalue weighted by Crippen LogP contribution is 2.13. The first-order valence-corrected chi connectivity index (χ1v) is 3.21. The number of H-pyrrole nitrogens is 1. The van der Waals surface area contributed by atoms with Gasteiger partial charge in [0.25, 0.3) is 0 Å². The van der Waals surface area contributed by atoms with Gasteiger partial charge in [-0.05, 0) is 13.8 Å². The Morgan fingerprint density at radius 3 is 2.90 bits per heavy atom. The normalized spacial score (nSPS) is 12.5. The first kappa shape index (κ1) is 6.88. The highest BCUT2D eigenvalue weighted by atomic mass is 14.9. The van der Waals surface area contributed by atoms with Gasteiger partial charge in [0.05, 0.1) is 17.9 Å². The molecule has 0 saturated heterocycles. The summed E-state index contributed by atoms with van der Waals surface area (Å²) in [6.45, 7) is 3.93. The van der Waals surface area contributed by atoms with Crippen molar-refractivity contribution in [3.05, 3.63) is 17.7 Å². The molecule has 52 valence electrons. The van der Waals surface area contributed by atoms with Gasteiger partial charge in [0.15, 0.2) is 0 Å². The molecular weight excluding hydrogens is 124 g/mol. The summed E-state index contributed by atoms with van der Waals surface area (Å²) >= 11 is 0. The van der Waals surface area contributed by atoms with Crippen LogP contribution in [0.2, 0.25) is 0 Å². The molecule has 1 atom stereocenters. The summed E-state index contributed by atoms with van der Waals surface area (Å²) in [5.74, 6) is 2.74. The fourth-order valence-electron chi connectivity index (χ4n) is 0.885. The second kappa shape index (κ2) is 2.57. The number of imidazole rings is 1. The molecule has 2 nitrogen and oxygen atoms in total. The number of rotatable bonds is 1. The van der Waals surface area contributed by atoms with E-state index in [1.54, 1.807) is 6.33 Å². The summed E-state index contributed by atoms with van der Waals surface area (Å²) in [7, 11) is 0. The lowest BCUT2D eigenvalue weighted by Gasteiger charge is -1.98. The lowest BCUT2D eigenvalue weighted by atomic mass is 10.1. The van der Waals surface area contributed by atoms with Crippen LogP contribution >= 0.6 is 0 Å². The molecule has 0 bridgehead atoms. The lowest BCUT2D eigenvalue weighted by Crippen LogP contribution is -1.91. The van der Waals surface area contributed by atoms with Gasteiger partial charge in [-0.15, -0.1) is 6.42 Å². The molecule has 0 fully saturated rings. The van der Waals surface area contributed by atoms with Crippen LogP contribution < -0.4 is 0 Å². The van der Waals surface area contributed by atoms with E-state index in [2.05, 4.69) is 15.9 Å². The van der Waals surface area contributed by atoms with Crippen LogP contribution in [-0.2, 0) is 0 Å². The molecule has 0 saturated carbocycles. The third kappa shape index (κ3) is 1.03. The lowest BCUT2D eigenvalue weighted by molar-refractivity contribution is 0.937. The van der Waals surface area contributed by atoms with Crippen molar-refractivity contribution in [2.45, 2.75) is 19.8 Å². The Kier molecular flexibility index (Phi) is 1.77. The molecule has 1 unspecified atom stereocenters. The van der Waals surface area contributed by atoms with E-state index in [4.69, 9.17) is 6.42 Å². The van der Waals surface area contributed by atoms with Crippen LogP contribution in [0.1, 0.15) is 24.2 Å². The monoisotopic (exact) mass is 134 g/mol. The van der Waals surface area contributed by atoms with Crippen LogP contribution in [0.4, 0.5) is 0 Å². The molecule has 0 aromatic carbocycles. The maximum atomic E-state index is 5.23. The Hall–Kier alpha value is -1.23. The molecule has 0 aliphatic carbocycles. The largest absolute Gasteiger partial charge is 0.348 e. The number of aromatic amines is 1. The van der Waals surface area contributed by atoms with Crippen LogP contribution in [0, 0.1) is 19.3 Å². The minimum atomic E-state index is 0.117. The van der Waals surface area contributed by atoms with Gasteiger partial charge in [0.1, 0.15) is 0 Å². The molecule has 0 aliphatic rings. The average molecular weight is 134 g/mol. The molecule has 0 radical (unpaired) electrons. The van der Waals surface area contributed by atoms with Gasteiger partial charge in [-0.25, -0.2) is 4.98 Å². The van der Waals surface area contributed by atoms with Crippen molar-refractivity contribution in [1.82, 2.24) is 9.97 Å². The standard InChI is InChI=1S/C8H10N2/c1-4-6(2)8-7(3)9-5-10-8/h1,5-6H,2-3H3,(H,9,10). The molecule has 10 heavy (non-hydrogen) atoms. The minimum absolute atomic E-state index is 0.117. The van der Waals surface area contributed by atoms with Gasteiger partial charge < -0.3 is 4.98 Å². The van der Waals surface area contributed by atoms with Gasteiger partial charge in [0.2, 0.25) is 0 Å². The second-order valence-corrected chi connectivity index (χ2v) is 2.30. The van der Waals surface area contributed by atoms with E-state index in [1.807, 2.05) is 13.8 Å². The fraction of sp³-hybridized carbons (Fsp3) is 0.375. The minimum Gasteiger partial charge on any atom is -0.348 e. The number of nitrogens with zero attached hydrogens (tertiary/aromatic N) is 1. The maximum absolute atomic E-state index is 5.23. The Morgan fingerprint density at radius 2 is 2.50 bits per heavy atom. The highest BCUT2D eigenvalue weighted by molar-refractivity contribution is 5.21. The predicted octanol–water partition coefficient (Wildman–Crippen LogP) is 1.45. The fourth-order valence-corrected chi connectivity index (χ4v) is 0.885. The first-order chi connectivity index (χ1) is 4.75. The molecule has 1 N–H and O–H groups in total. The molecule has 1 rings (SSSR count). The van der Waals surface area contributed by atoms with E-state index in [0.717, 1.165) is 11.4 Å². The molecule has 2 heteroatoms. The topological polar surface area (TPSA) is 28.7 Å². The Bertz CT molecular complexity index is 254. The smallest absolute Gasteiger partial charge is 0.0925 e. The molecule has 1 aromatic rings. The number of terminal acetylenes is 1. The summed E-state index contributed by atoms with van der Waals surface area (Å²) in [6.07, 6.45) is 6.89. The van der Waals surface area contributed by atoms with Crippen molar-refractivity contribution in [3.8, 4) is 12.3 Å². The predicted molar refractivity (Wildman–Crippen MR) is 40.6 cm³/mol. The van der Waals surface area contributed by atoms with Gasteiger partial charge in [-0.1, -0.05) is 5.92 Å². The van der Waals surface area contributed by atoms with Crippen molar-refractivity contribution < 1.29 is 0 Å². The maximum Gasteiger partial charge on any atom is 0.0925 e. The number of hydrogen-bond donors (Lipinski definition) is 1.